The molecule has 0 spiro atoms. The summed E-state index contributed by atoms with van der Waals surface area (Å²) in [7, 11) is 1.35. The van der Waals surface area contributed by atoms with Gasteiger partial charge in [0.1, 0.15) is 17.6 Å². The molecule has 1 unspecified atom stereocenters. The van der Waals surface area contributed by atoms with E-state index in [1.54, 1.807) is 4.90 Å². The number of aryl methyl sites for hydroxylation is 1. The maximum atomic E-state index is 12.3. The molecule has 0 N–H and O–H groups in total. The number of methoxy groups -OCH3 is 1. The molecule has 0 bridgehead atoms. The van der Waals surface area contributed by atoms with E-state index in [9.17, 15) is 9.59 Å². The van der Waals surface area contributed by atoms with Crippen molar-refractivity contribution in [3.8, 4) is 17.2 Å². The van der Waals surface area contributed by atoms with Gasteiger partial charge in [-0.15, -0.1) is 0 Å². The van der Waals surface area contributed by atoms with Crippen LogP contribution in [0.15, 0.2) is 59.0 Å². The minimum atomic E-state index is -0.592. The van der Waals surface area contributed by atoms with Crippen molar-refractivity contribution in [2.75, 3.05) is 20.3 Å². The highest BCUT2D eigenvalue weighted by molar-refractivity contribution is 5.86. The van der Waals surface area contributed by atoms with E-state index in [0.717, 1.165) is 34.8 Å². The van der Waals surface area contributed by atoms with E-state index >= 15 is 0 Å². The third kappa shape index (κ3) is 5.42. The molecule has 1 saturated heterocycles. The highest BCUT2D eigenvalue weighted by Gasteiger charge is 2.33. The molecule has 1 amide bonds. The van der Waals surface area contributed by atoms with Gasteiger partial charge in [-0.05, 0) is 43.2 Å². The highest BCUT2D eigenvalue weighted by atomic mass is 16.5. The van der Waals surface area contributed by atoms with E-state index in [2.05, 4.69) is 4.98 Å². The van der Waals surface area contributed by atoms with Crippen molar-refractivity contribution in [1.82, 2.24) is 9.88 Å². The maximum Gasteiger partial charge on any atom is 0.328 e. The summed E-state index contributed by atoms with van der Waals surface area (Å²) in [6.45, 7) is 2.97. The number of carbonyl (C=O) groups is 2. The first-order valence-corrected chi connectivity index (χ1v) is 11.2. The van der Waals surface area contributed by atoms with Gasteiger partial charge in [-0.2, -0.15) is 0 Å². The van der Waals surface area contributed by atoms with E-state index in [-0.39, 0.29) is 11.9 Å². The molecule has 2 aromatic carbocycles. The fourth-order valence-electron chi connectivity index (χ4n) is 4.03. The van der Waals surface area contributed by atoms with E-state index in [1.807, 2.05) is 61.5 Å². The van der Waals surface area contributed by atoms with Crippen LogP contribution in [0.5, 0.6) is 5.75 Å². The van der Waals surface area contributed by atoms with Crippen LogP contribution in [0, 0.1) is 6.92 Å². The van der Waals surface area contributed by atoms with Crippen LogP contribution in [0.2, 0.25) is 0 Å². The Morgan fingerprint density at radius 1 is 1.15 bits per heavy atom. The third-order valence-electron chi connectivity index (χ3n) is 5.83. The lowest BCUT2D eigenvalue weighted by atomic mass is 10.0. The van der Waals surface area contributed by atoms with E-state index in [0.29, 0.717) is 38.3 Å². The maximum absolute atomic E-state index is 12.3. The van der Waals surface area contributed by atoms with Crippen molar-refractivity contribution in [1.29, 1.82) is 0 Å². The van der Waals surface area contributed by atoms with Crippen LogP contribution in [0.3, 0.4) is 0 Å². The number of nitrogens with zero attached hydrogens (tertiary/aromatic N) is 2. The zero-order valence-corrected chi connectivity index (χ0v) is 19.0. The second kappa shape index (κ2) is 10.3. The van der Waals surface area contributed by atoms with Gasteiger partial charge in [0.2, 0.25) is 11.8 Å². The van der Waals surface area contributed by atoms with Gasteiger partial charge in [0.25, 0.3) is 0 Å². The molecule has 172 valence electrons. The molecule has 1 aliphatic heterocycles. The van der Waals surface area contributed by atoms with E-state index in [1.165, 1.54) is 7.11 Å². The topological polar surface area (TPSA) is 81.9 Å². The molecule has 1 fully saturated rings. The summed E-state index contributed by atoms with van der Waals surface area (Å²) in [5.74, 6) is 1.75. The average molecular weight is 449 g/mol. The molecule has 0 saturated carbocycles. The van der Waals surface area contributed by atoms with Gasteiger partial charge in [0.15, 0.2) is 0 Å². The van der Waals surface area contributed by atoms with Crippen molar-refractivity contribution in [3.05, 3.63) is 71.6 Å². The van der Waals surface area contributed by atoms with Gasteiger partial charge < -0.3 is 18.8 Å². The second-order valence-corrected chi connectivity index (χ2v) is 8.06. The number of aromatic nitrogens is 1. The summed E-state index contributed by atoms with van der Waals surface area (Å²) in [5, 5.41) is 0. The van der Waals surface area contributed by atoms with Gasteiger partial charge in [-0.3, -0.25) is 4.79 Å². The summed E-state index contributed by atoms with van der Waals surface area (Å²) in [6, 6.07) is 16.8. The summed E-state index contributed by atoms with van der Waals surface area (Å²) >= 11 is 0. The lowest BCUT2D eigenvalue weighted by Crippen LogP contribution is -2.44. The van der Waals surface area contributed by atoms with Gasteiger partial charge >= 0.3 is 5.97 Å². The number of benzene rings is 2. The number of oxazole rings is 1. The Labute approximate surface area is 193 Å². The molecular formula is C26H28N2O5. The lowest BCUT2D eigenvalue weighted by Gasteiger charge is -2.25. The summed E-state index contributed by atoms with van der Waals surface area (Å²) in [6.07, 6.45) is 2.31. The molecule has 7 heteroatoms. The molecule has 3 aromatic rings. The lowest BCUT2D eigenvalue weighted by molar-refractivity contribution is -0.151. The number of amides is 1. The summed E-state index contributed by atoms with van der Waals surface area (Å²) < 4.78 is 16.6. The number of esters is 1. The van der Waals surface area contributed by atoms with Crippen LogP contribution in [0.25, 0.3) is 11.5 Å². The average Bonchev–Trinajstić information content (AvgIpc) is 3.43. The molecule has 1 aliphatic rings. The number of rotatable bonds is 9. The van der Waals surface area contributed by atoms with Gasteiger partial charge in [0.05, 0.1) is 19.4 Å². The van der Waals surface area contributed by atoms with Gasteiger partial charge in [0, 0.05) is 31.4 Å². The molecule has 33 heavy (non-hydrogen) atoms. The zero-order chi connectivity index (χ0) is 23.2. The van der Waals surface area contributed by atoms with E-state index < -0.39 is 6.04 Å². The normalized spacial score (nSPS) is 14.4. The summed E-state index contributed by atoms with van der Waals surface area (Å²) in [4.78, 5) is 30.6. The summed E-state index contributed by atoms with van der Waals surface area (Å²) in [5.41, 5.74) is 2.77. The Hall–Kier alpha value is -3.61. The number of hydrogen-bond acceptors (Lipinski definition) is 6. The smallest absolute Gasteiger partial charge is 0.328 e. The van der Waals surface area contributed by atoms with Crippen molar-refractivity contribution in [3.63, 3.8) is 0 Å². The van der Waals surface area contributed by atoms with Crippen LogP contribution >= 0.6 is 0 Å². The van der Waals surface area contributed by atoms with Crippen molar-refractivity contribution < 1.29 is 23.5 Å². The minimum Gasteiger partial charge on any atom is -0.493 e. The molecule has 2 heterocycles. The quantitative estimate of drug-likeness (QED) is 0.461. The third-order valence-corrected chi connectivity index (χ3v) is 5.83. The Morgan fingerprint density at radius 3 is 2.58 bits per heavy atom. The van der Waals surface area contributed by atoms with Crippen LogP contribution in [0.1, 0.15) is 29.9 Å². The van der Waals surface area contributed by atoms with E-state index in [4.69, 9.17) is 13.9 Å². The molecule has 7 nitrogen and oxygen atoms in total. The van der Waals surface area contributed by atoms with Gasteiger partial charge in [-0.1, -0.05) is 30.3 Å². The largest absolute Gasteiger partial charge is 0.493 e. The van der Waals surface area contributed by atoms with Crippen LogP contribution in [0.4, 0.5) is 0 Å². The minimum absolute atomic E-state index is 0.00363. The Kier molecular flexibility index (Phi) is 7.07. The standard InChI is InChI=1S/C26H28N2O5/c1-18-22(27-25(33-18)20-7-4-3-5-8-20)14-16-32-21-12-10-19(11-13-21)17-23(26(30)31-2)28-15-6-9-24(28)29/h3-5,7-8,10-13,23H,6,9,14-17H2,1-2H3. The van der Waals surface area contributed by atoms with Crippen molar-refractivity contribution in [2.45, 2.75) is 38.6 Å². The second-order valence-electron chi connectivity index (χ2n) is 8.06. The van der Waals surface area contributed by atoms with Gasteiger partial charge in [-0.25, -0.2) is 9.78 Å². The number of likely N-dealkylation sites (tertiary alicyclic amines) is 1. The highest BCUT2D eigenvalue weighted by Crippen LogP contribution is 2.23. The number of hydrogen-bond donors (Lipinski definition) is 0. The monoisotopic (exact) mass is 448 g/mol. The predicted molar refractivity (Wildman–Crippen MR) is 123 cm³/mol. The van der Waals surface area contributed by atoms with Crippen LogP contribution in [-0.2, 0) is 27.2 Å². The molecule has 4 rings (SSSR count). The molecule has 1 atom stereocenters. The number of ether oxygens (including phenoxy) is 2. The SMILES string of the molecule is COC(=O)C(Cc1ccc(OCCc2nc(-c3ccccc3)oc2C)cc1)N1CCCC1=O. The Morgan fingerprint density at radius 2 is 1.91 bits per heavy atom. The Balaban J connectivity index is 1.33. The van der Waals surface area contributed by atoms with Crippen molar-refractivity contribution in [2.24, 2.45) is 0 Å². The predicted octanol–water partition coefficient (Wildman–Crippen LogP) is 3.98. The van der Waals surface area contributed by atoms with Crippen molar-refractivity contribution >= 4 is 11.9 Å². The first-order valence-electron chi connectivity index (χ1n) is 11.2. The fourth-order valence-corrected chi connectivity index (χ4v) is 4.03. The molecular weight excluding hydrogens is 420 g/mol. The first kappa shape index (κ1) is 22.6. The Bertz CT molecular complexity index is 1090. The van der Waals surface area contributed by atoms with Crippen LogP contribution < -0.4 is 4.74 Å². The fraction of sp³-hybridized carbons (Fsp3) is 0.346. The molecule has 0 radical (unpaired) electrons. The molecule has 0 aliphatic carbocycles. The number of carbonyl (C=O) groups excluding carboxylic acids is 2. The molecule has 1 aromatic heterocycles. The zero-order valence-electron chi connectivity index (χ0n) is 19.0. The first-order chi connectivity index (χ1) is 16.0. The van der Waals surface area contributed by atoms with Crippen LogP contribution in [-0.4, -0.2) is 48.1 Å².